The molecule has 1 aliphatic rings. The number of hydrogen-bond donors (Lipinski definition) is 0. The van der Waals surface area contributed by atoms with Gasteiger partial charge in [-0.05, 0) is 12.5 Å². The van der Waals surface area contributed by atoms with Crippen molar-refractivity contribution >= 4 is 27.4 Å². The van der Waals surface area contributed by atoms with Crippen molar-refractivity contribution in [2.24, 2.45) is 0 Å². The zero-order chi connectivity index (χ0) is 16.6. The van der Waals surface area contributed by atoms with E-state index in [9.17, 15) is 0 Å². The molecule has 1 unspecified atom stereocenters. The van der Waals surface area contributed by atoms with Crippen molar-refractivity contribution in [2.45, 2.75) is 12.5 Å². The second kappa shape index (κ2) is 6.01. The molecule has 0 saturated carbocycles. The highest BCUT2D eigenvalue weighted by molar-refractivity contribution is 7.14. The van der Waals surface area contributed by atoms with E-state index in [0.717, 1.165) is 30.3 Å². The molecule has 1 aliphatic heterocycles. The normalized spacial score (nSPS) is 17.4. The second-order valence-electron chi connectivity index (χ2n) is 6.42. The van der Waals surface area contributed by atoms with Gasteiger partial charge in [-0.1, -0.05) is 48.5 Å². The lowest BCUT2D eigenvalue weighted by molar-refractivity contribution is 0.511. The van der Waals surface area contributed by atoms with Crippen LogP contribution in [0.5, 0.6) is 0 Å². The van der Waals surface area contributed by atoms with Crippen molar-refractivity contribution in [3.8, 4) is 11.3 Å². The fraction of sp³-hybridized carbons (Fsp3) is 0.200. The van der Waals surface area contributed by atoms with Crippen LogP contribution in [0, 0.1) is 0 Å². The van der Waals surface area contributed by atoms with E-state index < -0.39 is 0 Å². The fourth-order valence-electron chi connectivity index (χ4n) is 3.55. The van der Waals surface area contributed by atoms with Gasteiger partial charge in [0.1, 0.15) is 0 Å². The van der Waals surface area contributed by atoms with Crippen molar-refractivity contribution < 1.29 is 0 Å². The number of anilines is 1. The van der Waals surface area contributed by atoms with E-state index in [4.69, 9.17) is 4.98 Å². The maximum absolute atomic E-state index is 4.86. The number of thiazole rings is 1. The molecule has 1 atom stereocenters. The van der Waals surface area contributed by atoms with Gasteiger partial charge in [0.05, 0.1) is 23.4 Å². The first-order chi connectivity index (χ1) is 12.4. The first-order valence-electron chi connectivity index (χ1n) is 8.56. The minimum atomic E-state index is 0.406. The Bertz CT molecular complexity index is 1000. The molecule has 124 valence electrons. The van der Waals surface area contributed by atoms with Gasteiger partial charge in [-0.2, -0.15) is 5.10 Å². The average Bonchev–Trinajstić information content (AvgIpc) is 3.40. The van der Waals surface area contributed by atoms with Gasteiger partial charge in [0, 0.05) is 29.4 Å². The van der Waals surface area contributed by atoms with Gasteiger partial charge in [0.25, 0.3) is 0 Å². The molecule has 5 heteroatoms. The summed E-state index contributed by atoms with van der Waals surface area (Å²) in [6.07, 6.45) is 3.07. The molecule has 3 heterocycles. The molecular weight excluding hydrogens is 328 g/mol. The second-order valence-corrected chi connectivity index (χ2v) is 7.25. The van der Waals surface area contributed by atoms with E-state index >= 15 is 0 Å². The molecular formula is C20H18N4S. The van der Waals surface area contributed by atoms with Crippen LogP contribution < -0.4 is 4.90 Å². The van der Waals surface area contributed by atoms with Crippen molar-refractivity contribution in [2.75, 3.05) is 18.0 Å². The van der Waals surface area contributed by atoms with E-state index in [-0.39, 0.29) is 0 Å². The third-order valence-electron chi connectivity index (χ3n) is 4.85. The predicted octanol–water partition coefficient (Wildman–Crippen LogP) is 4.61. The minimum absolute atomic E-state index is 0.406. The summed E-state index contributed by atoms with van der Waals surface area (Å²) in [6.45, 7) is 1.99. The minimum Gasteiger partial charge on any atom is -0.346 e. The molecule has 0 amide bonds. The van der Waals surface area contributed by atoms with E-state index in [2.05, 4.69) is 68.6 Å². The predicted molar refractivity (Wildman–Crippen MR) is 103 cm³/mol. The molecule has 25 heavy (non-hydrogen) atoms. The van der Waals surface area contributed by atoms with Gasteiger partial charge in [-0.3, -0.25) is 4.68 Å². The number of hydrogen-bond acceptors (Lipinski definition) is 4. The monoisotopic (exact) mass is 346 g/mol. The SMILES string of the molecule is c1ccc(-c2csc(N3CCC(n4ncc5ccccc54)C3)n2)cc1. The lowest BCUT2D eigenvalue weighted by Crippen LogP contribution is -2.21. The topological polar surface area (TPSA) is 34.0 Å². The summed E-state index contributed by atoms with van der Waals surface area (Å²) < 4.78 is 2.18. The number of aromatic nitrogens is 3. The smallest absolute Gasteiger partial charge is 0.185 e. The first kappa shape index (κ1) is 14.7. The van der Waals surface area contributed by atoms with Gasteiger partial charge in [-0.25, -0.2) is 4.98 Å². The van der Waals surface area contributed by atoms with Crippen molar-refractivity contribution in [3.05, 3.63) is 66.2 Å². The standard InChI is InChI=1S/C20H18N4S/c1-2-6-15(7-3-1)18-14-25-20(22-18)23-11-10-17(13-23)24-19-9-5-4-8-16(19)12-21-24/h1-9,12,14,17H,10-11,13H2. The Hall–Kier alpha value is -2.66. The van der Waals surface area contributed by atoms with Crippen LogP contribution in [0.3, 0.4) is 0 Å². The van der Waals surface area contributed by atoms with Crippen LogP contribution >= 0.6 is 11.3 Å². The highest BCUT2D eigenvalue weighted by atomic mass is 32.1. The average molecular weight is 346 g/mol. The highest BCUT2D eigenvalue weighted by Gasteiger charge is 2.27. The zero-order valence-electron chi connectivity index (χ0n) is 13.7. The van der Waals surface area contributed by atoms with E-state index in [1.165, 1.54) is 16.5 Å². The summed E-state index contributed by atoms with van der Waals surface area (Å²) in [5.41, 5.74) is 3.46. The maximum Gasteiger partial charge on any atom is 0.185 e. The molecule has 0 bridgehead atoms. The van der Waals surface area contributed by atoms with Crippen LogP contribution in [0.1, 0.15) is 12.5 Å². The number of para-hydroxylation sites is 1. The summed E-state index contributed by atoms with van der Waals surface area (Å²) in [5.74, 6) is 0. The Balaban J connectivity index is 1.38. The van der Waals surface area contributed by atoms with Crippen LogP contribution in [0.4, 0.5) is 5.13 Å². The first-order valence-corrected chi connectivity index (χ1v) is 9.44. The van der Waals surface area contributed by atoms with Gasteiger partial charge >= 0.3 is 0 Å². The van der Waals surface area contributed by atoms with Gasteiger partial charge in [0.15, 0.2) is 5.13 Å². The molecule has 2 aromatic carbocycles. The van der Waals surface area contributed by atoms with Crippen LogP contribution in [0.2, 0.25) is 0 Å². The molecule has 2 aromatic heterocycles. The Morgan fingerprint density at radius 3 is 2.76 bits per heavy atom. The molecule has 1 fully saturated rings. The summed E-state index contributed by atoms with van der Waals surface area (Å²) in [7, 11) is 0. The largest absolute Gasteiger partial charge is 0.346 e. The number of fused-ring (bicyclic) bond motifs is 1. The van der Waals surface area contributed by atoms with E-state index in [0.29, 0.717) is 6.04 Å². The lowest BCUT2D eigenvalue weighted by Gasteiger charge is -2.15. The van der Waals surface area contributed by atoms with Crippen LogP contribution in [0.25, 0.3) is 22.2 Å². The molecule has 4 aromatic rings. The summed E-state index contributed by atoms with van der Waals surface area (Å²) in [5, 5.41) is 9.10. The van der Waals surface area contributed by atoms with Crippen LogP contribution in [-0.2, 0) is 0 Å². The quantitative estimate of drug-likeness (QED) is 0.543. The molecule has 4 nitrogen and oxygen atoms in total. The van der Waals surface area contributed by atoms with Gasteiger partial charge in [0.2, 0.25) is 0 Å². The van der Waals surface area contributed by atoms with Crippen LogP contribution in [0.15, 0.2) is 66.2 Å². The Morgan fingerprint density at radius 1 is 1.00 bits per heavy atom. The van der Waals surface area contributed by atoms with Crippen molar-refractivity contribution in [3.63, 3.8) is 0 Å². The molecule has 0 aliphatic carbocycles. The summed E-state index contributed by atoms with van der Waals surface area (Å²) in [6, 6.07) is 19.2. The van der Waals surface area contributed by atoms with E-state index in [1.54, 1.807) is 11.3 Å². The lowest BCUT2D eigenvalue weighted by atomic mass is 10.2. The molecule has 0 radical (unpaired) electrons. The Kier molecular flexibility index (Phi) is 3.52. The number of rotatable bonds is 3. The maximum atomic E-state index is 4.86. The third kappa shape index (κ3) is 2.61. The Morgan fingerprint density at radius 2 is 1.84 bits per heavy atom. The number of benzene rings is 2. The highest BCUT2D eigenvalue weighted by Crippen LogP contribution is 2.33. The van der Waals surface area contributed by atoms with Gasteiger partial charge in [-0.15, -0.1) is 11.3 Å². The molecule has 1 saturated heterocycles. The molecule has 0 spiro atoms. The van der Waals surface area contributed by atoms with E-state index in [1.807, 2.05) is 12.3 Å². The van der Waals surface area contributed by atoms with Gasteiger partial charge < -0.3 is 4.90 Å². The van der Waals surface area contributed by atoms with Crippen LogP contribution in [-0.4, -0.2) is 27.9 Å². The Labute approximate surface area is 150 Å². The molecule has 5 rings (SSSR count). The van der Waals surface area contributed by atoms with Crippen molar-refractivity contribution in [1.82, 2.24) is 14.8 Å². The third-order valence-corrected chi connectivity index (χ3v) is 5.75. The fourth-order valence-corrected chi connectivity index (χ4v) is 4.42. The van der Waals surface area contributed by atoms with Crippen molar-refractivity contribution in [1.29, 1.82) is 0 Å². The summed E-state index contributed by atoms with van der Waals surface area (Å²) in [4.78, 5) is 7.24. The zero-order valence-corrected chi connectivity index (χ0v) is 14.6. The summed E-state index contributed by atoms with van der Waals surface area (Å²) >= 11 is 1.73. The number of nitrogens with zero attached hydrogens (tertiary/aromatic N) is 4. The molecule has 0 N–H and O–H groups in total.